The molecule has 1 aliphatic rings. The first-order valence-electron chi connectivity index (χ1n) is 10.6. The van der Waals surface area contributed by atoms with Crippen LogP contribution in [0.2, 0.25) is 0 Å². The number of aliphatic hydroxyl groups is 1. The van der Waals surface area contributed by atoms with Gasteiger partial charge in [-0.3, -0.25) is 14.4 Å². The van der Waals surface area contributed by atoms with Crippen LogP contribution in [0.1, 0.15) is 33.2 Å². The van der Waals surface area contributed by atoms with E-state index < -0.39 is 41.0 Å². The molecule has 0 bridgehead atoms. The molecule has 13 nitrogen and oxygen atoms in total. The number of azo groups is 1. The van der Waals surface area contributed by atoms with Crippen molar-refractivity contribution in [3.63, 3.8) is 0 Å². The highest BCUT2D eigenvalue weighted by atomic mass is 16.5. The molecule has 0 radical (unpaired) electrons. The van der Waals surface area contributed by atoms with Crippen LogP contribution in [0.5, 0.6) is 5.75 Å². The number of esters is 2. The number of hydrogen-bond donors (Lipinski definition) is 3. The summed E-state index contributed by atoms with van der Waals surface area (Å²) in [6, 6.07) is 6.70. The maximum Gasteiger partial charge on any atom is 0.340 e. The lowest BCUT2D eigenvalue weighted by Gasteiger charge is -2.19. The third-order valence-corrected chi connectivity index (χ3v) is 5.17. The SMILES string of the molecule is COC(=O)c1ccc(C(=O)OC)c(N=N/C(C(=O)Nc2cc3c(cc2OC)NC(=O)C(=O)C3)=C(\C)O)c1. The van der Waals surface area contributed by atoms with Crippen LogP contribution in [0.3, 0.4) is 0 Å². The van der Waals surface area contributed by atoms with E-state index in [1.54, 1.807) is 0 Å². The molecule has 0 saturated carbocycles. The summed E-state index contributed by atoms with van der Waals surface area (Å²) in [4.78, 5) is 60.4. The molecule has 192 valence electrons. The zero-order valence-corrected chi connectivity index (χ0v) is 20.2. The number of hydrogen-bond acceptors (Lipinski definition) is 11. The van der Waals surface area contributed by atoms with Crippen molar-refractivity contribution in [1.82, 2.24) is 0 Å². The summed E-state index contributed by atoms with van der Waals surface area (Å²) < 4.78 is 14.6. The Bertz CT molecular complexity index is 1370. The van der Waals surface area contributed by atoms with Gasteiger partial charge in [-0.2, -0.15) is 0 Å². The summed E-state index contributed by atoms with van der Waals surface area (Å²) in [5.74, 6) is -4.13. The fourth-order valence-electron chi connectivity index (χ4n) is 3.31. The first-order chi connectivity index (χ1) is 17.6. The Balaban J connectivity index is 1.95. The van der Waals surface area contributed by atoms with Gasteiger partial charge in [0.15, 0.2) is 5.70 Å². The van der Waals surface area contributed by atoms with Crippen LogP contribution in [0.4, 0.5) is 17.1 Å². The quantitative estimate of drug-likeness (QED) is 0.166. The minimum Gasteiger partial charge on any atom is -0.510 e. The number of carbonyl (C=O) groups excluding carboxylic acids is 5. The van der Waals surface area contributed by atoms with Gasteiger partial charge in [0.2, 0.25) is 5.78 Å². The second kappa shape index (κ2) is 11.1. The van der Waals surface area contributed by atoms with Gasteiger partial charge < -0.3 is 30.0 Å². The third-order valence-electron chi connectivity index (χ3n) is 5.17. The van der Waals surface area contributed by atoms with Crippen LogP contribution >= 0.6 is 0 Å². The number of nitrogens with zero attached hydrogens (tertiary/aromatic N) is 2. The molecule has 2 aromatic carbocycles. The van der Waals surface area contributed by atoms with E-state index in [2.05, 4.69) is 25.6 Å². The van der Waals surface area contributed by atoms with Crippen LogP contribution in [0.25, 0.3) is 0 Å². The van der Waals surface area contributed by atoms with Gasteiger partial charge in [-0.15, -0.1) is 10.2 Å². The molecule has 1 aliphatic heterocycles. The van der Waals surface area contributed by atoms with Crippen molar-refractivity contribution in [2.24, 2.45) is 10.2 Å². The predicted molar refractivity (Wildman–Crippen MR) is 128 cm³/mol. The average molecular weight is 510 g/mol. The first kappa shape index (κ1) is 26.5. The zero-order valence-electron chi connectivity index (χ0n) is 20.2. The molecule has 2 amide bonds. The largest absolute Gasteiger partial charge is 0.510 e. The smallest absolute Gasteiger partial charge is 0.340 e. The summed E-state index contributed by atoms with van der Waals surface area (Å²) in [7, 11) is 3.67. The van der Waals surface area contributed by atoms with Gasteiger partial charge in [-0.05, 0) is 36.8 Å². The number of nitrogens with one attached hydrogen (secondary N) is 2. The molecule has 0 atom stereocenters. The van der Waals surface area contributed by atoms with Gasteiger partial charge in [0.05, 0.1) is 38.1 Å². The van der Waals surface area contributed by atoms with Crippen molar-refractivity contribution in [3.05, 3.63) is 58.5 Å². The molecule has 0 aromatic heterocycles. The van der Waals surface area contributed by atoms with E-state index in [-0.39, 0.29) is 34.7 Å². The van der Waals surface area contributed by atoms with Crippen LogP contribution < -0.4 is 15.4 Å². The topological polar surface area (TPSA) is 182 Å². The zero-order chi connectivity index (χ0) is 27.3. The molecule has 0 saturated heterocycles. The second-order valence-corrected chi connectivity index (χ2v) is 7.57. The van der Waals surface area contributed by atoms with Crippen LogP contribution in [0, 0.1) is 0 Å². The van der Waals surface area contributed by atoms with Gasteiger partial charge in [0, 0.05) is 18.2 Å². The number of aliphatic hydroxyl groups excluding tert-OH is 1. The molecule has 0 aliphatic carbocycles. The standard InChI is InChI=1S/C24H22N4O9/c1-11(29)20(28-27-16-7-12(23(33)36-3)5-6-14(16)24(34)37-4)22(32)26-17-8-13-9-18(30)21(31)25-15(13)10-19(17)35-2/h5-8,10,29H,9H2,1-4H3,(H,25,31)(H,26,32)/b20-11+,28-27?. The van der Waals surface area contributed by atoms with Crippen LogP contribution in [0.15, 0.2) is 52.0 Å². The van der Waals surface area contributed by atoms with Crippen molar-refractivity contribution in [2.45, 2.75) is 13.3 Å². The number of rotatable bonds is 7. The maximum absolute atomic E-state index is 13.0. The number of ketones is 1. The molecule has 0 fully saturated rings. The number of ether oxygens (including phenoxy) is 3. The minimum atomic E-state index is -0.906. The number of fused-ring (bicyclic) bond motifs is 1. The second-order valence-electron chi connectivity index (χ2n) is 7.57. The predicted octanol–water partition coefficient (Wildman–Crippen LogP) is 2.84. The lowest BCUT2D eigenvalue weighted by atomic mass is 10.0. The molecule has 1 heterocycles. The van der Waals surface area contributed by atoms with Crippen molar-refractivity contribution in [1.29, 1.82) is 0 Å². The molecular formula is C24H22N4O9. The molecule has 13 heteroatoms. The number of benzene rings is 2. The number of allylic oxidation sites excluding steroid dienone is 1. The average Bonchev–Trinajstić information content (AvgIpc) is 2.88. The van der Waals surface area contributed by atoms with E-state index in [0.717, 1.165) is 7.11 Å². The van der Waals surface area contributed by atoms with E-state index in [1.165, 1.54) is 51.5 Å². The van der Waals surface area contributed by atoms with E-state index >= 15 is 0 Å². The van der Waals surface area contributed by atoms with Crippen molar-refractivity contribution in [3.8, 4) is 5.75 Å². The molecule has 2 aromatic rings. The van der Waals surface area contributed by atoms with Gasteiger partial charge in [0.25, 0.3) is 11.8 Å². The molecular weight excluding hydrogens is 488 g/mol. The number of anilines is 2. The highest BCUT2D eigenvalue weighted by molar-refractivity contribution is 6.42. The van der Waals surface area contributed by atoms with Crippen molar-refractivity contribution >= 4 is 46.6 Å². The summed E-state index contributed by atoms with van der Waals surface area (Å²) in [5.41, 5.74) is 0.278. The number of methoxy groups -OCH3 is 3. The summed E-state index contributed by atoms with van der Waals surface area (Å²) in [6.07, 6.45) is -0.178. The summed E-state index contributed by atoms with van der Waals surface area (Å²) >= 11 is 0. The Morgan fingerprint density at radius 1 is 1.03 bits per heavy atom. The lowest BCUT2D eigenvalue weighted by Crippen LogP contribution is -2.30. The first-order valence-corrected chi connectivity index (χ1v) is 10.6. The van der Waals surface area contributed by atoms with Crippen molar-refractivity contribution in [2.75, 3.05) is 32.0 Å². The van der Waals surface area contributed by atoms with Gasteiger partial charge in [0.1, 0.15) is 17.2 Å². The Morgan fingerprint density at radius 3 is 2.35 bits per heavy atom. The fourth-order valence-corrected chi connectivity index (χ4v) is 3.31. The molecule has 0 spiro atoms. The van der Waals surface area contributed by atoms with E-state index in [9.17, 15) is 29.1 Å². The fraction of sp³-hybridized carbons (Fsp3) is 0.208. The Morgan fingerprint density at radius 2 is 1.73 bits per heavy atom. The molecule has 3 rings (SSSR count). The van der Waals surface area contributed by atoms with Gasteiger partial charge in [-0.25, -0.2) is 9.59 Å². The number of Topliss-reactive ketones (excluding diaryl/α,β-unsaturated/α-hetero) is 1. The highest BCUT2D eigenvalue weighted by Crippen LogP contribution is 2.34. The van der Waals surface area contributed by atoms with Crippen LogP contribution in [-0.4, -0.2) is 56.0 Å². The Hall–Kier alpha value is -5.07. The van der Waals surface area contributed by atoms with E-state index in [0.29, 0.717) is 11.3 Å². The number of carbonyl (C=O) groups is 5. The van der Waals surface area contributed by atoms with E-state index in [1.807, 2.05) is 0 Å². The summed E-state index contributed by atoms with van der Waals surface area (Å²) in [5, 5.41) is 22.7. The van der Waals surface area contributed by atoms with Crippen molar-refractivity contribution < 1.29 is 43.3 Å². The normalized spacial score (nSPS) is 13.3. The molecule has 37 heavy (non-hydrogen) atoms. The lowest BCUT2D eigenvalue weighted by molar-refractivity contribution is -0.134. The molecule has 0 unspecified atom stereocenters. The summed E-state index contributed by atoms with van der Waals surface area (Å²) in [6.45, 7) is 1.19. The third kappa shape index (κ3) is 5.78. The molecule has 3 N–H and O–H groups in total. The van der Waals surface area contributed by atoms with Gasteiger partial charge in [-0.1, -0.05) is 0 Å². The monoisotopic (exact) mass is 510 g/mol. The minimum absolute atomic E-state index is 0.0558. The number of amides is 2. The highest BCUT2D eigenvalue weighted by Gasteiger charge is 2.26. The van der Waals surface area contributed by atoms with Crippen LogP contribution in [-0.2, 0) is 30.3 Å². The maximum atomic E-state index is 13.0. The van der Waals surface area contributed by atoms with Gasteiger partial charge >= 0.3 is 11.9 Å². The Labute approximate surface area is 210 Å². The Kier molecular flexibility index (Phi) is 7.97. The van der Waals surface area contributed by atoms with E-state index in [4.69, 9.17) is 9.47 Å².